The minimum Gasteiger partial charge on any atom is -0.464 e. The molecule has 0 unspecified atom stereocenters. The number of ether oxygens (including phenoxy) is 1. The van der Waals surface area contributed by atoms with Crippen LogP contribution in [0.5, 0.6) is 5.75 Å². The van der Waals surface area contributed by atoms with E-state index in [9.17, 15) is 0 Å². The van der Waals surface area contributed by atoms with Gasteiger partial charge in [-0.3, -0.25) is 0 Å². The molecule has 2 heterocycles. The Bertz CT molecular complexity index is 1350. The lowest BCUT2D eigenvalue weighted by atomic mass is 9.95. The van der Waals surface area contributed by atoms with E-state index in [0.717, 1.165) is 39.0 Å². The molecule has 0 spiro atoms. The zero-order valence-corrected chi connectivity index (χ0v) is 18.8. The Labute approximate surface area is 194 Å². The minimum absolute atomic E-state index is 0.0768. The second-order valence-corrected chi connectivity index (χ2v) is 9.27. The molecule has 2 aliphatic heterocycles. The molecule has 2 aliphatic rings. The Kier molecular flexibility index (Phi) is 4.51. The molecule has 0 fully saturated rings. The van der Waals surface area contributed by atoms with Crippen molar-refractivity contribution in [3.8, 4) is 5.75 Å². The van der Waals surface area contributed by atoms with Gasteiger partial charge in [0.25, 0.3) is 0 Å². The molecule has 4 aromatic rings. The van der Waals surface area contributed by atoms with Crippen LogP contribution in [-0.2, 0) is 0 Å². The van der Waals surface area contributed by atoms with Crippen molar-refractivity contribution in [2.45, 2.75) is 18.7 Å². The fourth-order valence-corrected chi connectivity index (χ4v) is 5.08. The topological polar surface area (TPSA) is 24.8 Å². The number of halogens is 2. The first-order valence-electron chi connectivity index (χ1n) is 10.2. The molecule has 0 amide bonds. The third kappa shape index (κ3) is 3.31. The van der Waals surface area contributed by atoms with E-state index in [-0.39, 0.29) is 12.3 Å². The minimum atomic E-state index is -0.297. The van der Waals surface area contributed by atoms with Gasteiger partial charge < -0.3 is 4.74 Å². The highest BCUT2D eigenvalue weighted by atomic mass is 79.9. The summed E-state index contributed by atoms with van der Waals surface area (Å²) < 4.78 is 7.45. The van der Waals surface area contributed by atoms with Crippen molar-refractivity contribution in [1.29, 1.82) is 0 Å². The summed E-state index contributed by atoms with van der Waals surface area (Å²) in [6.07, 6.45) is 0.508. The van der Waals surface area contributed by atoms with E-state index < -0.39 is 0 Å². The summed E-state index contributed by atoms with van der Waals surface area (Å²) in [6, 6.07) is 29.1. The van der Waals surface area contributed by atoms with Gasteiger partial charge in [-0.2, -0.15) is 5.10 Å². The van der Waals surface area contributed by atoms with Crippen LogP contribution in [0.4, 0.5) is 0 Å². The summed E-state index contributed by atoms with van der Waals surface area (Å²) in [5, 5.41) is 10.3. The summed E-state index contributed by atoms with van der Waals surface area (Å²) in [4.78, 5) is 0. The Morgan fingerprint density at radius 2 is 1.77 bits per heavy atom. The molecule has 0 saturated heterocycles. The second-order valence-electron chi connectivity index (χ2n) is 7.92. The fourth-order valence-electron chi connectivity index (χ4n) is 4.48. The quantitative estimate of drug-likeness (QED) is 0.291. The van der Waals surface area contributed by atoms with Crippen LogP contribution in [0, 0.1) is 0 Å². The van der Waals surface area contributed by atoms with Crippen LogP contribution < -0.4 is 4.74 Å². The molecular weight excluding hydrogens is 472 g/mol. The Morgan fingerprint density at radius 1 is 0.903 bits per heavy atom. The molecule has 0 aromatic heterocycles. The highest BCUT2D eigenvalue weighted by Gasteiger charge is 2.41. The van der Waals surface area contributed by atoms with Crippen LogP contribution >= 0.6 is 27.5 Å². The molecule has 0 saturated carbocycles. The van der Waals surface area contributed by atoms with Crippen LogP contribution in [0.15, 0.2) is 94.5 Å². The maximum Gasteiger partial charge on any atom is 0.213 e. The molecule has 0 N–H and O–H groups in total. The predicted molar refractivity (Wildman–Crippen MR) is 129 cm³/mol. The van der Waals surface area contributed by atoms with Gasteiger partial charge in [0, 0.05) is 27.0 Å². The third-order valence-electron chi connectivity index (χ3n) is 5.97. The Morgan fingerprint density at radius 3 is 2.65 bits per heavy atom. The monoisotopic (exact) mass is 488 g/mol. The maximum atomic E-state index is 6.44. The van der Waals surface area contributed by atoms with Crippen LogP contribution in [0.2, 0.25) is 5.02 Å². The molecule has 31 heavy (non-hydrogen) atoms. The molecule has 0 radical (unpaired) electrons. The molecule has 5 heteroatoms. The highest BCUT2D eigenvalue weighted by molar-refractivity contribution is 9.10. The summed E-state index contributed by atoms with van der Waals surface area (Å²) in [7, 11) is 0. The lowest BCUT2D eigenvalue weighted by molar-refractivity contribution is -0.0190. The van der Waals surface area contributed by atoms with Crippen molar-refractivity contribution in [3.63, 3.8) is 0 Å². The van der Waals surface area contributed by atoms with Crippen LogP contribution in [0.1, 0.15) is 35.4 Å². The number of rotatable bonds is 2. The first-order chi connectivity index (χ1) is 15.2. The summed E-state index contributed by atoms with van der Waals surface area (Å²) in [5.41, 5.74) is 4.35. The van der Waals surface area contributed by atoms with Crippen molar-refractivity contribution in [1.82, 2.24) is 5.01 Å². The van der Waals surface area contributed by atoms with Crippen molar-refractivity contribution in [2.24, 2.45) is 5.10 Å². The zero-order valence-electron chi connectivity index (χ0n) is 16.5. The SMILES string of the molecule is Clc1ccc2c(c1)[C@@H]1CC(c3ccc4ccccc4c3)=NN1[C@@H](c1cccc(Br)c1)O2. The number of benzene rings is 4. The number of hydrogen-bond acceptors (Lipinski definition) is 3. The van der Waals surface area contributed by atoms with Gasteiger partial charge in [0.1, 0.15) is 5.75 Å². The molecule has 152 valence electrons. The first-order valence-corrected chi connectivity index (χ1v) is 11.4. The van der Waals surface area contributed by atoms with Crippen LogP contribution in [0.3, 0.4) is 0 Å². The van der Waals surface area contributed by atoms with Gasteiger partial charge >= 0.3 is 0 Å². The fraction of sp³-hybridized carbons (Fsp3) is 0.115. The number of hydrazone groups is 1. The smallest absolute Gasteiger partial charge is 0.213 e. The molecule has 6 rings (SSSR count). The largest absolute Gasteiger partial charge is 0.464 e. The average Bonchev–Trinajstić information content (AvgIpc) is 3.24. The highest BCUT2D eigenvalue weighted by Crippen LogP contribution is 2.48. The molecular formula is C26H18BrClN2O. The normalized spacial score (nSPS) is 19.5. The van der Waals surface area contributed by atoms with E-state index in [1.165, 1.54) is 10.8 Å². The lowest BCUT2D eigenvalue weighted by Gasteiger charge is -2.38. The van der Waals surface area contributed by atoms with Gasteiger partial charge in [-0.15, -0.1) is 0 Å². The van der Waals surface area contributed by atoms with Crippen LogP contribution in [-0.4, -0.2) is 10.7 Å². The van der Waals surface area contributed by atoms with E-state index in [2.05, 4.69) is 75.5 Å². The van der Waals surface area contributed by atoms with E-state index in [1.54, 1.807) is 0 Å². The molecule has 0 aliphatic carbocycles. The summed E-state index contributed by atoms with van der Waals surface area (Å²) >= 11 is 9.93. The number of hydrogen-bond donors (Lipinski definition) is 0. The Hall–Kier alpha value is -2.82. The second kappa shape index (κ2) is 7.40. The predicted octanol–water partition coefficient (Wildman–Crippen LogP) is 7.50. The third-order valence-corrected chi connectivity index (χ3v) is 6.70. The van der Waals surface area contributed by atoms with Crippen molar-refractivity contribution >= 4 is 44.0 Å². The lowest BCUT2D eigenvalue weighted by Crippen LogP contribution is -2.33. The summed E-state index contributed by atoms with van der Waals surface area (Å²) in [6.45, 7) is 0. The molecule has 4 aromatic carbocycles. The first kappa shape index (κ1) is 18.9. The van der Waals surface area contributed by atoms with Gasteiger partial charge in [-0.05, 0) is 52.7 Å². The molecule has 0 bridgehead atoms. The number of nitrogens with zero attached hydrogens (tertiary/aromatic N) is 2. The van der Waals surface area contributed by atoms with E-state index >= 15 is 0 Å². The van der Waals surface area contributed by atoms with Crippen molar-refractivity contribution in [3.05, 3.63) is 111 Å². The standard InChI is InChI=1S/C26H18BrClN2O/c27-20-7-3-6-19(13-20)26-30-24(22-14-21(28)10-11-25(22)31-26)15-23(29-30)18-9-8-16-4-1-2-5-17(16)12-18/h1-14,24,26H,15H2/t24-,26+/m0/s1. The Balaban J connectivity index is 1.46. The van der Waals surface area contributed by atoms with E-state index in [4.69, 9.17) is 21.4 Å². The van der Waals surface area contributed by atoms with E-state index in [0.29, 0.717) is 5.02 Å². The van der Waals surface area contributed by atoms with Gasteiger partial charge in [0.15, 0.2) is 0 Å². The molecule has 2 atom stereocenters. The van der Waals surface area contributed by atoms with Crippen LogP contribution in [0.25, 0.3) is 10.8 Å². The van der Waals surface area contributed by atoms with Crippen molar-refractivity contribution in [2.75, 3.05) is 0 Å². The summed E-state index contributed by atoms with van der Waals surface area (Å²) in [5.74, 6) is 0.866. The van der Waals surface area contributed by atoms with E-state index in [1.807, 2.05) is 30.3 Å². The van der Waals surface area contributed by atoms with Gasteiger partial charge in [-0.1, -0.05) is 76.1 Å². The van der Waals surface area contributed by atoms with Gasteiger partial charge in [-0.25, -0.2) is 5.01 Å². The van der Waals surface area contributed by atoms with Gasteiger partial charge in [0.05, 0.1) is 11.8 Å². The average molecular weight is 490 g/mol. The van der Waals surface area contributed by atoms with Crippen molar-refractivity contribution < 1.29 is 4.74 Å². The maximum absolute atomic E-state index is 6.44. The zero-order chi connectivity index (χ0) is 20.9. The van der Waals surface area contributed by atoms with Gasteiger partial charge in [0.2, 0.25) is 6.23 Å². The molecule has 3 nitrogen and oxygen atoms in total. The number of fused-ring (bicyclic) bond motifs is 4.